The summed E-state index contributed by atoms with van der Waals surface area (Å²) >= 11 is 1.18. The van der Waals surface area contributed by atoms with Crippen molar-refractivity contribution in [3.63, 3.8) is 0 Å². The Labute approximate surface area is 159 Å². The molecule has 0 aliphatic rings. The van der Waals surface area contributed by atoms with Crippen LogP contribution in [0.5, 0.6) is 0 Å². The molecule has 3 aromatic rings. The fourth-order valence-electron chi connectivity index (χ4n) is 2.31. The van der Waals surface area contributed by atoms with Crippen molar-refractivity contribution in [2.24, 2.45) is 0 Å². The number of carbonyl (C=O) groups is 1. The summed E-state index contributed by atoms with van der Waals surface area (Å²) in [5.41, 5.74) is 1.10. The minimum atomic E-state index is -3.91. The largest absolute Gasteiger partial charge is 0.442 e. The van der Waals surface area contributed by atoms with E-state index in [4.69, 9.17) is 4.42 Å². The van der Waals surface area contributed by atoms with Crippen LogP contribution >= 0.6 is 11.3 Å². The molecule has 0 spiro atoms. The van der Waals surface area contributed by atoms with Crippen LogP contribution in [0.4, 0.5) is 9.52 Å². The van der Waals surface area contributed by atoms with Crippen molar-refractivity contribution >= 4 is 32.4 Å². The normalized spacial score (nSPS) is 11.5. The molecule has 10 heteroatoms. The summed E-state index contributed by atoms with van der Waals surface area (Å²) in [7, 11) is -3.91. The number of aryl methyl sites for hydroxylation is 1. The van der Waals surface area contributed by atoms with Gasteiger partial charge >= 0.3 is 0 Å². The van der Waals surface area contributed by atoms with Crippen molar-refractivity contribution in [1.82, 2.24) is 9.71 Å². The van der Waals surface area contributed by atoms with Gasteiger partial charge in [-0.05, 0) is 36.8 Å². The lowest BCUT2D eigenvalue weighted by Crippen LogP contribution is -2.22. The van der Waals surface area contributed by atoms with Gasteiger partial charge in [-0.25, -0.2) is 22.5 Å². The van der Waals surface area contributed by atoms with E-state index in [9.17, 15) is 17.6 Å². The first-order valence-corrected chi connectivity index (χ1v) is 10.1. The molecule has 1 aromatic carbocycles. The number of halogens is 1. The van der Waals surface area contributed by atoms with Crippen molar-refractivity contribution in [3.05, 3.63) is 53.5 Å². The Morgan fingerprint density at radius 1 is 1.30 bits per heavy atom. The topological polar surface area (TPSA) is 101 Å². The molecule has 0 aliphatic heterocycles. The van der Waals surface area contributed by atoms with Gasteiger partial charge in [-0.15, -0.1) is 0 Å². The number of sulfonamides is 1. The lowest BCUT2D eigenvalue weighted by molar-refractivity contribution is -0.114. The highest BCUT2D eigenvalue weighted by Gasteiger charge is 2.21. The summed E-state index contributed by atoms with van der Waals surface area (Å²) in [4.78, 5) is 16.0. The second-order valence-corrected chi connectivity index (χ2v) is 8.38. The van der Waals surface area contributed by atoms with E-state index in [1.54, 1.807) is 13.0 Å². The number of anilines is 1. The molecule has 2 aromatic heterocycles. The Morgan fingerprint density at radius 2 is 2.07 bits per heavy atom. The molecule has 1 amide bonds. The Morgan fingerprint density at radius 3 is 2.78 bits per heavy atom. The lowest BCUT2D eigenvalue weighted by atomic mass is 10.2. The Bertz CT molecular complexity index is 1090. The zero-order valence-corrected chi connectivity index (χ0v) is 16.1. The highest BCUT2D eigenvalue weighted by atomic mass is 32.2. The molecule has 2 heterocycles. The number of hydrogen-bond acceptors (Lipinski definition) is 6. The lowest BCUT2D eigenvalue weighted by Gasteiger charge is -2.04. The molecule has 0 fully saturated rings. The molecule has 0 atom stereocenters. The maximum atomic E-state index is 13.2. The zero-order chi connectivity index (χ0) is 19.6. The van der Waals surface area contributed by atoms with Crippen molar-refractivity contribution in [2.45, 2.75) is 25.5 Å². The van der Waals surface area contributed by atoms with Gasteiger partial charge in [-0.1, -0.05) is 23.5 Å². The van der Waals surface area contributed by atoms with Gasteiger partial charge in [0.1, 0.15) is 11.6 Å². The van der Waals surface area contributed by atoms with Crippen molar-refractivity contribution in [1.29, 1.82) is 0 Å². The quantitative estimate of drug-likeness (QED) is 0.651. The molecule has 0 saturated heterocycles. The summed E-state index contributed by atoms with van der Waals surface area (Å²) in [5, 5.41) is 2.72. The fourth-order valence-corrected chi connectivity index (χ4v) is 4.23. The molecule has 142 valence electrons. The van der Waals surface area contributed by atoms with Crippen molar-refractivity contribution in [3.8, 4) is 10.6 Å². The maximum Gasteiger partial charge on any atom is 0.274 e. The molecule has 0 aliphatic carbocycles. The molecule has 27 heavy (non-hydrogen) atoms. The Kier molecular flexibility index (Phi) is 5.40. The van der Waals surface area contributed by atoms with Crippen LogP contribution in [0.25, 0.3) is 10.6 Å². The van der Waals surface area contributed by atoms with E-state index >= 15 is 0 Å². The number of benzene rings is 1. The molecule has 0 saturated carbocycles. The van der Waals surface area contributed by atoms with Gasteiger partial charge < -0.3 is 9.73 Å². The van der Waals surface area contributed by atoms with Crippen molar-refractivity contribution in [2.75, 3.05) is 5.32 Å². The molecule has 0 radical (unpaired) electrons. The van der Waals surface area contributed by atoms with Crippen LogP contribution in [0.3, 0.4) is 0 Å². The second-order valence-electron chi connectivity index (χ2n) is 5.69. The number of carbonyl (C=O) groups excluding carboxylic acids is 1. The monoisotopic (exact) mass is 409 g/mol. The van der Waals surface area contributed by atoms with E-state index in [2.05, 4.69) is 15.0 Å². The molecule has 2 N–H and O–H groups in total. The third-order valence-electron chi connectivity index (χ3n) is 3.50. The fraction of sp³-hybridized carbons (Fsp3) is 0.176. The van der Waals surface area contributed by atoms with E-state index in [1.165, 1.54) is 48.6 Å². The van der Waals surface area contributed by atoms with Crippen LogP contribution < -0.4 is 10.0 Å². The third kappa shape index (κ3) is 4.59. The van der Waals surface area contributed by atoms with E-state index < -0.39 is 15.8 Å². The SMILES string of the molecule is CC(=O)Nc1nc(C)c(-c2ccc(S(=O)(=O)NCc3cccc(F)c3)o2)s1. The van der Waals surface area contributed by atoms with E-state index in [0.717, 1.165) is 0 Å². The van der Waals surface area contributed by atoms with Crippen LogP contribution in [0, 0.1) is 12.7 Å². The van der Waals surface area contributed by atoms with Crippen LogP contribution in [0.1, 0.15) is 18.2 Å². The summed E-state index contributed by atoms with van der Waals surface area (Å²) < 4.78 is 45.9. The van der Waals surface area contributed by atoms with Gasteiger partial charge in [-0.3, -0.25) is 4.79 Å². The molecular formula is C17H16FN3O4S2. The van der Waals surface area contributed by atoms with Crippen LogP contribution in [-0.4, -0.2) is 19.3 Å². The molecular weight excluding hydrogens is 393 g/mol. The first kappa shape index (κ1) is 19.2. The highest BCUT2D eigenvalue weighted by Crippen LogP contribution is 2.34. The number of aromatic nitrogens is 1. The predicted molar refractivity (Wildman–Crippen MR) is 99.3 cm³/mol. The molecule has 7 nitrogen and oxygen atoms in total. The standard InChI is InChI=1S/C17H16FN3O4S2/c1-10-16(26-17(20-10)21-11(2)22)14-6-7-15(25-14)27(23,24)19-9-12-4-3-5-13(18)8-12/h3-8,19H,9H2,1-2H3,(H,20,21,22). The van der Waals surface area contributed by atoms with E-state index in [0.29, 0.717) is 27.0 Å². The third-order valence-corrected chi connectivity index (χ3v) is 5.87. The summed E-state index contributed by atoms with van der Waals surface area (Å²) in [6.07, 6.45) is 0. The van der Waals surface area contributed by atoms with Gasteiger partial charge in [0.25, 0.3) is 10.0 Å². The van der Waals surface area contributed by atoms with Gasteiger partial charge in [0, 0.05) is 13.5 Å². The average Bonchev–Trinajstić information content (AvgIpc) is 3.20. The van der Waals surface area contributed by atoms with Gasteiger partial charge in [-0.2, -0.15) is 0 Å². The number of nitrogens with one attached hydrogen (secondary N) is 2. The number of thiazole rings is 1. The first-order valence-electron chi connectivity index (χ1n) is 7.84. The van der Waals surface area contributed by atoms with E-state index in [-0.39, 0.29) is 17.5 Å². The van der Waals surface area contributed by atoms with Gasteiger partial charge in [0.15, 0.2) is 5.13 Å². The maximum absolute atomic E-state index is 13.2. The smallest absolute Gasteiger partial charge is 0.274 e. The summed E-state index contributed by atoms with van der Waals surface area (Å²) in [5.74, 6) is -0.366. The Balaban J connectivity index is 1.78. The van der Waals surface area contributed by atoms with Gasteiger partial charge in [0.2, 0.25) is 11.0 Å². The van der Waals surface area contributed by atoms with Crippen LogP contribution in [0.15, 0.2) is 45.9 Å². The zero-order valence-electron chi connectivity index (χ0n) is 14.4. The minimum Gasteiger partial charge on any atom is -0.442 e. The number of rotatable bonds is 6. The molecule has 0 bridgehead atoms. The number of furan rings is 1. The van der Waals surface area contributed by atoms with Crippen LogP contribution in [-0.2, 0) is 21.4 Å². The minimum absolute atomic E-state index is 0.0671. The molecule has 3 rings (SSSR count). The second kappa shape index (κ2) is 7.59. The average molecular weight is 409 g/mol. The Hall–Kier alpha value is -2.56. The van der Waals surface area contributed by atoms with Crippen molar-refractivity contribution < 1.29 is 22.0 Å². The summed E-state index contributed by atoms with van der Waals surface area (Å²) in [6, 6.07) is 8.51. The van der Waals surface area contributed by atoms with Gasteiger partial charge in [0.05, 0.1) is 10.6 Å². The highest BCUT2D eigenvalue weighted by molar-refractivity contribution is 7.89. The van der Waals surface area contributed by atoms with Crippen LogP contribution in [0.2, 0.25) is 0 Å². The first-order chi connectivity index (χ1) is 12.7. The number of nitrogens with zero attached hydrogens (tertiary/aromatic N) is 1. The number of hydrogen-bond donors (Lipinski definition) is 2. The molecule has 0 unspecified atom stereocenters. The summed E-state index contributed by atoms with van der Waals surface area (Å²) in [6.45, 7) is 3.04. The van der Waals surface area contributed by atoms with E-state index in [1.807, 2.05) is 0 Å². The number of amides is 1. The predicted octanol–water partition coefficient (Wildman–Crippen LogP) is 3.29.